The lowest BCUT2D eigenvalue weighted by Gasteiger charge is -2.10. The minimum absolute atomic E-state index is 0.318. The molecule has 0 aliphatic rings. The van der Waals surface area contributed by atoms with Crippen LogP contribution in [0.15, 0.2) is 35.3 Å². The first kappa shape index (κ1) is 13.7. The normalized spacial score (nSPS) is 12.1. The van der Waals surface area contributed by atoms with Gasteiger partial charge in [-0.05, 0) is 13.0 Å². The minimum atomic E-state index is -1.14. The summed E-state index contributed by atoms with van der Waals surface area (Å²) in [5.41, 5.74) is -0.388. The minimum Gasteiger partial charge on any atom is -0.480 e. The summed E-state index contributed by atoms with van der Waals surface area (Å²) in [4.78, 5) is 34.4. The molecule has 0 aliphatic carbocycles. The molecule has 2 aromatic rings. The molecule has 1 aromatic heterocycles. The van der Waals surface area contributed by atoms with E-state index in [1.54, 1.807) is 24.3 Å². The molecule has 2 rings (SSSR count). The highest BCUT2D eigenvalue weighted by Gasteiger charge is 2.15. The number of hydrogen-bond acceptors (Lipinski definition) is 4. The van der Waals surface area contributed by atoms with Gasteiger partial charge in [0.2, 0.25) is 5.91 Å². The van der Waals surface area contributed by atoms with Crippen LogP contribution in [0.5, 0.6) is 0 Å². The molecule has 20 heavy (non-hydrogen) atoms. The number of carbonyl (C=O) groups excluding carboxylic acids is 1. The van der Waals surface area contributed by atoms with E-state index < -0.39 is 17.9 Å². The second kappa shape index (κ2) is 5.52. The Balaban J connectivity index is 2.22. The first-order chi connectivity index (χ1) is 9.49. The van der Waals surface area contributed by atoms with Crippen LogP contribution in [0.4, 0.5) is 0 Å². The summed E-state index contributed by atoms with van der Waals surface area (Å²) in [6.45, 7) is 1.03. The molecule has 1 heterocycles. The zero-order chi connectivity index (χ0) is 14.7. The maximum Gasteiger partial charge on any atom is 0.325 e. The van der Waals surface area contributed by atoms with Crippen LogP contribution in [0, 0.1) is 0 Å². The summed E-state index contributed by atoms with van der Waals surface area (Å²) in [5.74, 6) is -1.72. The number of benzene rings is 1. The second-order valence-corrected chi connectivity index (χ2v) is 4.32. The van der Waals surface area contributed by atoms with Crippen molar-refractivity contribution in [3.63, 3.8) is 0 Å². The quantitative estimate of drug-likeness (QED) is 0.817. The van der Waals surface area contributed by atoms with E-state index in [0.717, 1.165) is 4.68 Å². The molecule has 0 spiro atoms. The van der Waals surface area contributed by atoms with Crippen molar-refractivity contribution in [3.05, 3.63) is 40.8 Å². The van der Waals surface area contributed by atoms with Gasteiger partial charge in [-0.2, -0.15) is 5.10 Å². The second-order valence-electron chi connectivity index (χ2n) is 4.32. The third-order valence-corrected chi connectivity index (χ3v) is 2.80. The highest BCUT2D eigenvalue weighted by molar-refractivity contribution is 5.84. The number of rotatable bonds is 4. The van der Waals surface area contributed by atoms with E-state index in [2.05, 4.69) is 10.4 Å². The van der Waals surface area contributed by atoms with Crippen molar-refractivity contribution in [3.8, 4) is 0 Å². The van der Waals surface area contributed by atoms with E-state index in [-0.39, 0.29) is 12.1 Å². The Labute approximate surface area is 113 Å². The smallest absolute Gasteiger partial charge is 0.325 e. The van der Waals surface area contributed by atoms with Gasteiger partial charge in [0.05, 0.1) is 11.6 Å². The van der Waals surface area contributed by atoms with Crippen LogP contribution in [-0.2, 0) is 16.1 Å². The van der Waals surface area contributed by atoms with Crippen molar-refractivity contribution in [1.82, 2.24) is 15.1 Å². The molecule has 1 aromatic carbocycles. The van der Waals surface area contributed by atoms with E-state index in [9.17, 15) is 14.4 Å². The Bertz CT molecular complexity index is 723. The summed E-state index contributed by atoms with van der Waals surface area (Å²) in [5, 5.41) is 16.0. The average Bonchev–Trinajstić information content (AvgIpc) is 2.42. The molecular formula is C13H13N3O4. The lowest BCUT2D eigenvalue weighted by atomic mass is 10.2. The number of aromatic nitrogens is 2. The zero-order valence-electron chi connectivity index (χ0n) is 10.7. The Morgan fingerprint density at radius 2 is 2.10 bits per heavy atom. The van der Waals surface area contributed by atoms with Gasteiger partial charge in [-0.3, -0.25) is 14.4 Å². The van der Waals surface area contributed by atoms with Gasteiger partial charge in [0, 0.05) is 5.39 Å². The predicted molar refractivity (Wildman–Crippen MR) is 71.2 cm³/mol. The van der Waals surface area contributed by atoms with Gasteiger partial charge >= 0.3 is 5.97 Å². The van der Waals surface area contributed by atoms with E-state index in [1.807, 2.05) is 0 Å². The van der Waals surface area contributed by atoms with Crippen molar-refractivity contribution < 1.29 is 14.7 Å². The molecule has 0 radical (unpaired) electrons. The molecular weight excluding hydrogens is 262 g/mol. The highest BCUT2D eigenvalue weighted by atomic mass is 16.4. The Kier molecular flexibility index (Phi) is 3.79. The summed E-state index contributed by atoms with van der Waals surface area (Å²) >= 11 is 0. The summed E-state index contributed by atoms with van der Waals surface area (Å²) < 4.78 is 1.01. The number of amides is 1. The predicted octanol–water partition coefficient (Wildman–Crippen LogP) is -0.0142. The van der Waals surface area contributed by atoms with Gasteiger partial charge in [-0.25, -0.2) is 4.68 Å². The molecule has 7 heteroatoms. The maximum absolute atomic E-state index is 12.1. The summed E-state index contributed by atoms with van der Waals surface area (Å²) in [6.07, 6.45) is 1.49. The first-order valence-corrected chi connectivity index (χ1v) is 5.96. The fraction of sp³-hybridized carbons (Fsp3) is 0.231. The zero-order valence-corrected chi connectivity index (χ0v) is 10.7. The molecule has 0 bridgehead atoms. The van der Waals surface area contributed by atoms with Crippen molar-refractivity contribution >= 4 is 22.6 Å². The van der Waals surface area contributed by atoms with Gasteiger partial charge in [0.25, 0.3) is 5.56 Å². The molecule has 1 atom stereocenters. The third kappa shape index (κ3) is 2.82. The van der Waals surface area contributed by atoms with Gasteiger partial charge in [-0.15, -0.1) is 0 Å². The molecule has 104 valence electrons. The number of fused-ring (bicyclic) bond motifs is 1. The number of nitrogens with zero attached hydrogens (tertiary/aromatic N) is 2. The molecule has 0 aliphatic heterocycles. The van der Waals surface area contributed by atoms with Crippen LogP contribution < -0.4 is 10.9 Å². The fourth-order valence-electron chi connectivity index (χ4n) is 1.73. The van der Waals surface area contributed by atoms with Crippen LogP contribution in [0.1, 0.15) is 6.92 Å². The topological polar surface area (TPSA) is 101 Å². The number of carbonyl (C=O) groups is 2. The summed E-state index contributed by atoms with van der Waals surface area (Å²) in [6, 6.07) is 5.89. The van der Waals surface area contributed by atoms with E-state index >= 15 is 0 Å². The van der Waals surface area contributed by atoms with Crippen LogP contribution in [0.3, 0.4) is 0 Å². The molecule has 7 nitrogen and oxygen atoms in total. The van der Waals surface area contributed by atoms with Gasteiger partial charge in [0.1, 0.15) is 12.6 Å². The monoisotopic (exact) mass is 275 g/mol. The molecule has 0 saturated heterocycles. The van der Waals surface area contributed by atoms with Crippen molar-refractivity contribution in [2.45, 2.75) is 19.5 Å². The fourth-order valence-corrected chi connectivity index (χ4v) is 1.73. The largest absolute Gasteiger partial charge is 0.480 e. The molecule has 1 amide bonds. The van der Waals surface area contributed by atoms with Crippen LogP contribution in [-0.4, -0.2) is 32.8 Å². The molecule has 1 unspecified atom stereocenters. The first-order valence-electron chi connectivity index (χ1n) is 5.96. The standard InChI is InChI=1S/C13H13N3O4/c1-8(13(19)20)15-11(17)7-16-12(18)10-5-3-2-4-9(10)6-14-16/h2-6,8H,7H2,1H3,(H,15,17)(H,19,20). The van der Waals surface area contributed by atoms with Gasteiger partial charge < -0.3 is 10.4 Å². The molecule has 2 N–H and O–H groups in total. The number of hydrogen-bond donors (Lipinski definition) is 2. The maximum atomic E-state index is 12.1. The van der Waals surface area contributed by atoms with Gasteiger partial charge in [0.15, 0.2) is 0 Å². The van der Waals surface area contributed by atoms with Crippen LogP contribution in [0.25, 0.3) is 10.8 Å². The van der Waals surface area contributed by atoms with E-state index in [1.165, 1.54) is 13.1 Å². The third-order valence-electron chi connectivity index (χ3n) is 2.80. The molecule has 0 fully saturated rings. The highest BCUT2D eigenvalue weighted by Crippen LogP contribution is 2.06. The van der Waals surface area contributed by atoms with Gasteiger partial charge in [-0.1, -0.05) is 18.2 Å². The Morgan fingerprint density at radius 1 is 1.40 bits per heavy atom. The average molecular weight is 275 g/mol. The summed E-state index contributed by atoms with van der Waals surface area (Å²) in [7, 11) is 0. The number of nitrogens with one attached hydrogen (secondary N) is 1. The van der Waals surface area contributed by atoms with E-state index in [4.69, 9.17) is 5.11 Å². The Morgan fingerprint density at radius 3 is 2.80 bits per heavy atom. The Hall–Kier alpha value is -2.70. The number of carboxylic acids is 1. The molecule has 0 saturated carbocycles. The van der Waals surface area contributed by atoms with Crippen molar-refractivity contribution in [1.29, 1.82) is 0 Å². The number of aliphatic carboxylic acids is 1. The van der Waals surface area contributed by atoms with Crippen LogP contribution in [0.2, 0.25) is 0 Å². The van der Waals surface area contributed by atoms with Crippen LogP contribution >= 0.6 is 0 Å². The number of carboxylic acid groups (broad SMARTS) is 1. The van der Waals surface area contributed by atoms with E-state index in [0.29, 0.717) is 10.8 Å². The van der Waals surface area contributed by atoms with Crippen molar-refractivity contribution in [2.75, 3.05) is 0 Å². The SMILES string of the molecule is CC(NC(=O)Cn1ncc2ccccc2c1=O)C(=O)O. The van der Waals surface area contributed by atoms with Crippen molar-refractivity contribution in [2.24, 2.45) is 0 Å². The lowest BCUT2D eigenvalue weighted by molar-refractivity contribution is -0.141. The lowest BCUT2D eigenvalue weighted by Crippen LogP contribution is -2.41.